The molecule has 0 bridgehead atoms. The van der Waals surface area contributed by atoms with Gasteiger partial charge in [-0.15, -0.1) is 0 Å². The van der Waals surface area contributed by atoms with Crippen molar-refractivity contribution in [1.82, 2.24) is 10.6 Å². The summed E-state index contributed by atoms with van der Waals surface area (Å²) in [4.78, 5) is 23.4. The van der Waals surface area contributed by atoms with Crippen LogP contribution >= 0.6 is 0 Å². The summed E-state index contributed by atoms with van der Waals surface area (Å²) in [5.41, 5.74) is 2.89. The molecule has 2 aromatic carbocycles. The van der Waals surface area contributed by atoms with E-state index in [0.29, 0.717) is 6.42 Å². The first-order valence-corrected chi connectivity index (χ1v) is 9.43. The third kappa shape index (κ3) is 4.96. The summed E-state index contributed by atoms with van der Waals surface area (Å²) in [7, 11) is 0. The molecule has 0 spiro atoms. The third-order valence-corrected chi connectivity index (χ3v) is 4.94. The Kier molecular flexibility index (Phi) is 6.41. The van der Waals surface area contributed by atoms with Crippen LogP contribution in [0.3, 0.4) is 0 Å². The number of nitrogens with one attached hydrogen (secondary N) is 2. The van der Waals surface area contributed by atoms with Gasteiger partial charge in [0, 0.05) is 6.42 Å². The van der Waals surface area contributed by atoms with E-state index in [4.69, 9.17) is 5.11 Å². The van der Waals surface area contributed by atoms with E-state index in [9.17, 15) is 14.9 Å². The van der Waals surface area contributed by atoms with Crippen LogP contribution in [0.25, 0.3) is 11.1 Å². The van der Waals surface area contributed by atoms with Crippen molar-refractivity contribution in [1.29, 1.82) is 5.26 Å². The molecule has 0 radical (unpaired) electrons. The van der Waals surface area contributed by atoms with Gasteiger partial charge in [-0.25, -0.2) is 4.79 Å². The Morgan fingerprint density at radius 3 is 2.61 bits per heavy atom. The molecule has 0 aromatic heterocycles. The third-order valence-electron chi connectivity index (χ3n) is 4.94. The van der Waals surface area contributed by atoms with Crippen LogP contribution in [0.1, 0.15) is 35.2 Å². The summed E-state index contributed by atoms with van der Waals surface area (Å²) < 4.78 is 0. The lowest BCUT2D eigenvalue weighted by Gasteiger charge is -2.23. The number of carboxylic acid groups (broad SMARTS) is 1. The minimum atomic E-state index is -0.960. The molecule has 6 nitrogen and oxygen atoms in total. The minimum absolute atomic E-state index is 0.117. The normalized spacial score (nSPS) is 17.3. The van der Waals surface area contributed by atoms with Crippen molar-refractivity contribution in [2.24, 2.45) is 0 Å². The van der Waals surface area contributed by atoms with E-state index in [1.807, 2.05) is 30.3 Å². The van der Waals surface area contributed by atoms with E-state index in [1.165, 1.54) is 0 Å². The summed E-state index contributed by atoms with van der Waals surface area (Å²) >= 11 is 0. The largest absolute Gasteiger partial charge is 0.478 e. The summed E-state index contributed by atoms with van der Waals surface area (Å²) in [6.07, 6.45) is 3.32. The number of amides is 1. The first-order chi connectivity index (χ1) is 13.6. The first-order valence-electron chi connectivity index (χ1n) is 9.43. The van der Waals surface area contributed by atoms with Crippen molar-refractivity contribution in [3.05, 3.63) is 59.7 Å². The van der Waals surface area contributed by atoms with Crippen LogP contribution in [0.5, 0.6) is 0 Å². The van der Waals surface area contributed by atoms with Gasteiger partial charge in [-0.05, 0) is 48.2 Å². The van der Waals surface area contributed by atoms with Gasteiger partial charge in [0.1, 0.15) is 6.04 Å². The topological polar surface area (TPSA) is 102 Å². The maximum atomic E-state index is 12.3. The molecule has 1 heterocycles. The molecule has 3 rings (SSSR count). The zero-order valence-electron chi connectivity index (χ0n) is 15.5. The molecule has 144 valence electrons. The van der Waals surface area contributed by atoms with Crippen LogP contribution in [0.4, 0.5) is 0 Å². The number of nitriles is 1. The predicted octanol–water partition coefficient (Wildman–Crippen LogP) is 2.74. The van der Waals surface area contributed by atoms with Crippen molar-refractivity contribution < 1.29 is 14.7 Å². The second-order valence-electron chi connectivity index (χ2n) is 6.98. The van der Waals surface area contributed by atoms with Gasteiger partial charge < -0.3 is 15.7 Å². The van der Waals surface area contributed by atoms with Gasteiger partial charge in [0.05, 0.1) is 17.7 Å². The van der Waals surface area contributed by atoms with Gasteiger partial charge in [0.25, 0.3) is 0 Å². The molecule has 1 saturated heterocycles. The number of carboxylic acids is 1. The molecule has 1 fully saturated rings. The summed E-state index contributed by atoms with van der Waals surface area (Å²) in [5, 5.41) is 24.5. The number of carbonyl (C=O) groups excluding carboxylic acids is 1. The molecule has 1 amide bonds. The molecule has 2 atom stereocenters. The van der Waals surface area contributed by atoms with Crippen LogP contribution in [-0.4, -0.2) is 35.6 Å². The number of benzene rings is 2. The molecule has 28 heavy (non-hydrogen) atoms. The molecule has 6 heteroatoms. The van der Waals surface area contributed by atoms with Gasteiger partial charge >= 0.3 is 5.97 Å². The van der Waals surface area contributed by atoms with E-state index in [2.05, 4.69) is 16.7 Å². The van der Waals surface area contributed by atoms with Crippen LogP contribution in [0.2, 0.25) is 0 Å². The first kappa shape index (κ1) is 19.6. The SMILES string of the molecule is N#C[C@H](Cc1ccc(-c2cccc(C(=O)O)c2)cc1)NC(=O)[C@@H]1CCCCN1. The fourth-order valence-electron chi connectivity index (χ4n) is 3.38. The quantitative estimate of drug-likeness (QED) is 0.718. The van der Waals surface area contributed by atoms with Crippen molar-refractivity contribution in [3.63, 3.8) is 0 Å². The van der Waals surface area contributed by atoms with E-state index >= 15 is 0 Å². The molecule has 0 aliphatic carbocycles. The van der Waals surface area contributed by atoms with Crippen molar-refractivity contribution in [2.75, 3.05) is 6.54 Å². The Hall–Kier alpha value is -3.17. The molecular weight excluding hydrogens is 354 g/mol. The fraction of sp³-hybridized carbons (Fsp3) is 0.318. The summed E-state index contributed by atoms with van der Waals surface area (Å²) in [6.45, 7) is 0.833. The Morgan fingerprint density at radius 1 is 1.18 bits per heavy atom. The maximum Gasteiger partial charge on any atom is 0.335 e. The van der Waals surface area contributed by atoms with Crippen molar-refractivity contribution >= 4 is 11.9 Å². The van der Waals surface area contributed by atoms with Crippen LogP contribution < -0.4 is 10.6 Å². The molecule has 0 unspecified atom stereocenters. The number of carbonyl (C=O) groups is 2. The Balaban J connectivity index is 1.64. The van der Waals surface area contributed by atoms with E-state index in [0.717, 1.165) is 42.5 Å². The van der Waals surface area contributed by atoms with Crippen molar-refractivity contribution in [3.8, 4) is 17.2 Å². The van der Waals surface area contributed by atoms with E-state index < -0.39 is 12.0 Å². The average molecular weight is 377 g/mol. The van der Waals surface area contributed by atoms with E-state index in [-0.39, 0.29) is 17.5 Å². The zero-order chi connectivity index (χ0) is 19.9. The van der Waals surface area contributed by atoms with E-state index in [1.54, 1.807) is 18.2 Å². The van der Waals surface area contributed by atoms with Crippen LogP contribution in [0, 0.1) is 11.3 Å². The highest BCUT2D eigenvalue weighted by Crippen LogP contribution is 2.21. The molecule has 1 aliphatic heterocycles. The van der Waals surface area contributed by atoms with Gasteiger partial charge in [0.15, 0.2) is 0 Å². The van der Waals surface area contributed by atoms with Crippen molar-refractivity contribution in [2.45, 2.75) is 37.8 Å². The van der Waals surface area contributed by atoms with Gasteiger partial charge in [0.2, 0.25) is 5.91 Å². The lowest BCUT2D eigenvalue weighted by molar-refractivity contribution is -0.124. The predicted molar refractivity (Wildman–Crippen MR) is 106 cm³/mol. The molecule has 0 saturated carbocycles. The number of hydrogen-bond acceptors (Lipinski definition) is 4. The molecule has 1 aliphatic rings. The summed E-state index contributed by atoms with van der Waals surface area (Å²) in [5.74, 6) is -1.08. The van der Waals surface area contributed by atoms with Crippen LogP contribution in [-0.2, 0) is 11.2 Å². The summed E-state index contributed by atoms with van der Waals surface area (Å²) in [6, 6.07) is 15.7. The van der Waals surface area contributed by atoms with Gasteiger partial charge in [-0.1, -0.05) is 42.8 Å². The standard InChI is InChI=1S/C22H23N3O3/c23-14-19(25-21(26)20-6-1-2-11-24-20)12-15-7-9-16(10-8-15)17-4-3-5-18(13-17)22(27)28/h3-5,7-10,13,19-20,24H,1-2,6,11-12H2,(H,25,26)(H,27,28)/t19-,20-/m0/s1. The number of hydrogen-bond donors (Lipinski definition) is 3. The smallest absolute Gasteiger partial charge is 0.335 e. The van der Waals surface area contributed by atoms with Gasteiger partial charge in [-0.2, -0.15) is 5.26 Å². The second-order valence-corrected chi connectivity index (χ2v) is 6.98. The lowest BCUT2D eigenvalue weighted by atomic mass is 9.99. The van der Waals surface area contributed by atoms with Gasteiger partial charge in [-0.3, -0.25) is 4.79 Å². The second kappa shape index (κ2) is 9.16. The Bertz CT molecular complexity index is 881. The number of aromatic carboxylic acids is 1. The molecular formula is C22H23N3O3. The highest BCUT2D eigenvalue weighted by atomic mass is 16.4. The lowest BCUT2D eigenvalue weighted by Crippen LogP contribution is -2.49. The monoisotopic (exact) mass is 377 g/mol. The number of nitrogens with zero attached hydrogens (tertiary/aromatic N) is 1. The Labute approximate surface area is 164 Å². The number of piperidine rings is 1. The molecule has 3 N–H and O–H groups in total. The highest BCUT2D eigenvalue weighted by Gasteiger charge is 2.23. The number of rotatable bonds is 6. The highest BCUT2D eigenvalue weighted by molar-refractivity contribution is 5.89. The maximum absolute atomic E-state index is 12.3. The zero-order valence-corrected chi connectivity index (χ0v) is 15.5. The minimum Gasteiger partial charge on any atom is -0.478 e. The fourth-order valence-corrected chi connectivity index (χ4v) is 3.38. The van der Waals surface area contributed by atoms with Crippen LogP contribution in [0.15, 0.2) is 48.5 Å². The Morgan fingerprint density at radius 2 is 1.96 bits per heavy atom. The average Bonchev–Trinajstić information content (AvgIpc) is 2.74. The molecule has 2 aromatic rings.